The number of benzene rings is 1. The second-order valence-corrected chi connectivity index (χ2v) is 4.77. The lowest BCUT2D eigenvalue weighted by atomic mass is 10.0. The van der Waals surface area contributed by atoms with Gasteiger partial charge in [-0.15, -0.1) is 0 Å². The average molecular weight is 290 g/mol. The summed E-state index contributed by atoms with van der Waals surface area (Å²) in [5, 5.41) is 0. The second kappa shape index (κ2) is 5.23. The molecule has 2 rings (SSSR count). The monoisotopic (exact) mass is 289 g/mol. The van der Waals surface area contributed by atoms with E-state index in [9.17, 15) is 4.79 Å². The molecule has 0 fully saturated rings. The number of ketones is 1. The van der Waals surface area contributed by atoms with Crippen molar-refractivity contribution in [3.63, 3.8) is 0 Å². The molecule has 0 saturated carbocycles. The van der Waals surface area contributed by atoms with E-state index < -0.39 is 0 Å². The molecule has 0 aliphatic rings. The van der Waals surface area contributed by atoms with Crippen molar-refractivity contribution in [2.45, 2.75) is 13.3 Å². The second-order valence-electron chi connectivity index (χ2n) is 3.92. The molecule has 0 saturated heterocycles. The first-order valence-electron chi connectivity index (χ1n) is 5.35. The van der Waals surface area contributed by atoms with Gasteiger partial charge in [0.2, 0.25) is 0 Å². The quantitative estimate of drug-likeness (QED) is 0.809. The van der Waals surface area contributed by atoms with Crippen LogP contribution in [0.1, 0.15) is 21.5 Å². The smallest absolute Gasteiger partial charge is 0.167 e. The van der Waals surface area contributed by atoms with Crippen LogP contribution in [0.3, 0.4) is 0 Å². The zero-order chi connectivity index (χ0) is 12.3. The molecule has 1 aromatic carbocycles. The molecule has 86 valence electrons. The summed E-state index contributed by atoms with van der Waals surface area (Å²) in [7, 11) is 0. The maximum Gasteiger partial charge on any atom is 0.167 e. The molecule has 0 spiro atoms. The third-order valence-electron chi connectivity index (χ3n) is 2.59. The summed E-state index contributed by atoms with van der Waals surface area (Å²) < 4.78 is 1.03. The van der Waals surface area contributed by atoms with Crippen molar-refractivity contribution < 1.29 is 4.79 Å². The highest BCUT2D eigenvalue weighted by Crippen LogP contribution is 2.18. The lowest BCUT2D eigenvalue weighted by molar-refractivity contribution is 0.0993. The van der Waals surface area contributed by atoms with E-state index in [1.54, 1.807) is 12.4 Å². The summed E-state index contributed by atoms with van der Waals surface area (Å²) in [6.07, 6.45) is 3.83. The van der Waals surface area contributed by atoms with Crippen molar-refractivity contribution in [2.24, 2.45) is 0 Å². The molecule has 2 nitrogen and oxygen atoms in total. The van der Waals surface area contributed by atoms with E-state index in [0.29, 0.717) is 6.42 Å². The standard InChI is InChI=1S/C14H12BrNO/c1-10-8-12(2-3-13(10)15)14(17)9-11-4-6-16-7-5-11/h2-8H,9H2,1H3. The SMILES string of the molecule is Cc1cc(C(=O)Cc2ccncc2)ccc1Br. The largest absolute Gasteiger partial charge is 0.294 e. The number of hydrogen-bond acceptors (Lipinski definition) is 2. The number of nitrogens with zero attached hydrogens (tertiary/aromatic N) is 1. The fourth-order valence-electron chi connectivity index (χ4n) is 1.61. The molecule has 2 aromatic rings. The van der Waals surface area contributed by atoms with Gasteiger partial charge in [-0.05, 0) is 42.3 Å². The topological polar surface area (TPSA) is 30.0 Å². The van der Waals surface area contributed by atoms with Crippen molar-refractivity contribution in [3.05, 3.63) is 63.9 Å². The Labute approximate surface area is 109 Å². The van der Waals surface area contributed by atoms with Crippen LogP contribution in [-0.4, -0.2) is 10.8 Å². The molecule has 0 amide bonds. The Morgan fingerprint density at radius 3 is 2.59 bits per heavy atom. The molecule has 0 aliphatic carbocycles. The van der Waals surface area contributed by atoms with Crippen molar-refractivity contribution in [3.8, 4) is 0 Å². The van der Waals surface area contributed by atoms with Crippen molar-refractivity contribution in [1.82, 2.24) is 4.98 Å². The van der Waals surface area contributed by atoms with Gasteiger partial charge >= 0.3 is 0 Å². The zero-order valence-electron chi connectivity index (χ0n) is 9.48. The van der Waals surface area contributed by atoms with Crippen molar-refractivity contribution in [1.29, 1.82) is 0 Å². The maximum absolute atomic E-state index is 12.0. The minimum atomic E-state index is 0.131. The molecular formula is C14H12BrNO. The van der Waals surface area contributed by atoms with E-state index in [4.69, 9.17) is 0 Å². The number of hydrogen-bond donors (Lipinski definition) is 0. The van der Waals surface area contributed by atoms with Gasteiger partial charge in [-0.1, -0.05) is 22.0 Å². The number of rotatable bonds is 3. The summed E-state index contributed by atoms with van der Waals surface area (Å²) in [5.41, 5.74) is 2.82. The molecule has 0 radical (unpaired) electrons. The number of aromatic nitrogens is 1. The molecule has 0 bridgehead atoms. The van der Waals surface area contributed by atoms with E-state index in [1.807, 2.05) is 37.3 Å². The van der Waals surface area contributed by atoms with E-state index in [1.165, 1.54) is 0 Å². The summed E-state index contributed by atoms with van der Waals surface area (Å²) in [6, 6.07) is 9.40. The predicted octanol–water partition coefficient (Wildman–Crippen LogP) is 3.58. The molecule has 0 aliphatic heterocycles. The number of carbonyl (C=O) groups is 1. The van der Waals surface area contributed by atoms with E-state index >= 15 is 0 Å². The highest BCUT2D eigenvalue weighted by molar-refractivity contribution is 9.10. The Morgan fingerprint density at radius 2 is 1.94 bits per heavy atom. The molecule has 0 unspecified atom stereocenters. The highest BCUT2D eigenvalue weighted by atomic mass is 79.9. The number of carbonyl (C=O) groups excluding carboxylic acids is 1. The Balaban J connectivity index is 2.18. The van der Waals surface area contributed by atoms with Crippen LogP contribution < -0.4 is 0 Å². The first-order chi connectivity index (χ1) is 8.16. The van der Waals surface area contributed by atoms with Crippen LogP contribution in [-0.2, 0) is 6.42 Å². The number of pyridine rings is 1. The van der Waals surface area contributed by atoms with Gasteiger partial charge in [0, 0.05) is 28.9 Å². The normalized spacial score (nSPS) is 10.2. The first kappa shape index (κ1) is 12.0. The molecular weight excluding hydrogens is 278 g/mol. The minimum absolute atomic E-state index is 0.131. The molecule has 0 N–H and O–H groups in total. The molecule has 0 atom stereocenters. The van der Waals surface area contributed by atoms with Crippen molar-refractivity contribution in [2.75, 3.05) is 0 Å². The maximum atomic E-state index is 12.0. The Kier molecular flexibility index (Phi) is 3.69. The van der Waals surface area contributed by atoms with E-state index in [2.05, 4.69) is 20.9 Å². The van der Waals surface area contributed by atoms with Crippen LogP contribution >= 0.6 is 15.9 Å². The Morgan fingerprint density at radius 1 is 1.24 bits per heavy atom. The van der Waals surface area contributed by atoms with Gasteiger partial charge in [0.05, 0.1) is 0 Å². The summed E-state index contributed by atoms with van der Waals surface area (Å²) in [4.78, 5) is 16.0. The van der Waals surface area contributed by atoms with Crippen LogP contribution in [0.4, 0.5) is 0 Å². The van der Waals surface area contributed by atoms with Gasteiger partial charge < -0.3 is 0 Å². The first-order valence-corrected chi connectivity index (χ1v) is 6.14. The third kappa shape index (κ3) is 3.01. The molecule has 3 heteroatoms. The zero-order valence-corrected chi connectivity index (χ0v) is 11.1. The summed E-state index contributed by atoms with van der Waals surface area (Å²) in [6.45, 7) is 1.98. The Hall–Kier alpha value is -1.48. The van der Waals surface area contributed by atoms with Gasteiger partial charge in [0.25, 0.3) is 0 Å². The summed E-state index contributed by atoms with van der Waals surface area (Å²) in [5.74, 6) is 0.131. The minimum Gasteiger partial charge on any atom is -0.294 e. The third-order valence-corrected chi connectivity index (χ3v) is 3.48. The van der Waals surface area contributed by atoms with Crippen LogP contribution in [0.15, 0.2) is 47.2 Å². The van der Waals surface area contributed by atoms with Gasteiger partial charge in [-0.25, -0.2) is 0 Å². The average Bonchev–Trinajstić information content (AvgIpc) is 2.34. The van der Waals surface area contributed by atoms with Crippen LogP contribution in [0.5, 0.6) is 0 Å². The number of aryl methyl sites for hydroxylation is 1. The molecule has 1 aromatic heterocycles. The van der Waals surface area contributed by atoms with Crippen LogP contribution in [0, 0.1) is 6.92 Å². The lowest BCUT2D eigenvalue weighted by Crippen LogP contribution is -2.03. The van der Waals surface area contributed by atoms with Crippen molar-refractivity contribution >= 4 is 21.7 Å². The van der Waals surface area contributed by atoms with Crippen LogP contribution in [0.25, 0.3) is 0 Å². The predicted molar refractivity (Wildman–Crippen MR) is 71.2 cm³/mol. The number of halogens is 1. The number of Topliss-reactive ketones (excluding diaryl/α,β-unsaturated/α-hetero) is 1. The molecule has 1 heterocycles. The van der Waals surface area contributed by atoms with Gasteiger partial charge in [0.15, 0.2) is 5.78 Å². The van der Waals surface area contributed by atoms with Crippen LogP contribution in [0.2, 0.25) is 0 Å². The summed E-state index contributed by atoms with van der Waals surface area (Å²) >= 11 is 3.43. The van der Waals surface area contributed by atoms with Gasteiger partial charge in [-0.3, -0.25) is 9.78 Å². The lowest BCUT2D eigenvalue weighted by Gasteiger charge is -2.04. The van der Waals surface area contributed by atoms with Gasteiger partial charge in [-0.2, -0.15) is 0 Å². The van der Waals surface area contributed by atoms with E-state index in [0.717, 1.165) is 21.2 Å². The van der Waals surface area contributed by atoms with Gasteiger partial charge in [0.1, 0.15) is 0 Å². The fourth-order valence-corrected chi connectivity index (χ4v) is 1.85. The molecule has 17 heavy (non-hydrogen) atoms. The Bertz CT molecular complexity index is 537. The fraction of sp³-hybridized carbons (Fsp3) is 0.143. The highest BCUT2D eigenvalue weighted by Gasteiger charge is 2.08. The van der Waals surface area contributed by atoms with E-state index in [-0.39, 0.29) is 5.78 Å².